The van der Waals surface area contributed by atoms with E-state index >= 15 is 0 Å². The highest BCUT2D eigenvalue weighted by molar-refractivity contribution is 5.89. The van der Waals surface area contributed by atoms with Gasteiger partial charge in [-0.15, -0.1) is 0 Å². The molecule has 0 aromatic rings. The highest BCUT2D eigenvalue weighted by atomic mass is 16.3. The monoisotopic (exact) mass is 256 g/mol. The van der Waals surface area contributed by atoms with Crippen molar-refractivity contribution in [1.29, 1.82) is 0 Å². The Bertz CT molecular complexity index is 323. The fraction of sp³-hybridized carbons (Fsp3) is 0.846. The summed E-state index contributed by atoms with van der Waals surface area (Å²) in [6, 6.07) is -0.540. The van der Waals surface area contributed by atoms with Crippen LogP contribution < -0.4 is 5.32 Å². The Morgan fingerprint density at radius 3 is 2.50 bits per heavy atom. The first-order valence-electron chi connectivity index (χ1n) is 6.49. The lowest BCUT2D eigenvalue weighted by molar-refractivity contribution is -0.140. The van der Waals surface area contributed by atoms with E-state index in [0.717, 1.165) is 12.8 Å². The van der Waals surface area contributed by atoms with Gasteiger partial charge < -0.3 is 15.3 Å². The van der Waals surface area contributed by atoms with Crippen LogP contribution in [0.25, 0.3) is 0 Å². The highest BCUT2D eigenvalue weighted by Gasteiger charge is 2.29. The molecule has 2 N–H and O–H groups in total. The second-order valence-corrected chi connectivity index (χ2v) is 6.03. The SMILES string of the molecule is CC(NC(=O)C(C)(C)C)C(=O)N1CCCC(O)C1. The molecule has 1 saturated heterocycles. The molecule has 1 heterocycles. The summed E-state index contributed by atoms with van der Waals surface area (Å²) in [4.78, 5) is 25.5. The molecule has 0 bridgehead atoms. The van der Waals surface area contributed by atoms with E-state index < -0.39 is 17.6 Å². The van der Waals surface area contributed by atoms with Gasteiger partial charge in [0.05, 0.1) is 6.10 Å². The van der Waals surface area contributed by atoms with Crippen LogP contribution in [0.5, 0.6) is 0 Å². The Labute approximate surface area is 109 Å². The van der Waals surface area contributed by atoms with Gasteiger partial charge >= 0.3 is 0 Å². The van der Waals surface area contributed by atoms with Gasteiger partial charge in [-0.2, -0.15) is 0 Å². The number of nitrogens with one attached hydrogen (secondary N) is 1. The van der Waals surface area contributed by atoms with E-state index in [0.29, 0.717) is 13.1 Å². The number of piperidine rings is 1. The Morgan fingerprint density at radius 2 is 2.00 bits per heavy atom. The fourth-order valence-electron chi connectivity index (χ4n) is 1.90. The van der Waals surface area contributed by atoms with Gasteiger partial charge in [0.2, 0.25) is 11.8 Å². The number of likely N-dealkylation sites (tertiary alicyclic amines) is 1. The van der Waals surface area contributed by atoms with Crippen molar-refractivity contribution in [1.82, 2.24) is 10.2 Å². The third-order valence-electron chi connectivity index (χ3n) is 3.11. The van der Waals surface area contributed by atoms with Gasteiger partial charge in [-0.25, -0.2) is 0 Å². The summed E-state index contributed by atoms with van der Waals surface area (Å²) in [7, 11) is 0. The van der Waals surface area contributed by atoms with Crippen molar-refractivity contribution in [3.63, 3.8) is 0 Å². The van der Waals surface area contributed by atoms with E-state index in [-0.39, 0.29) is 11.8 Å². The van der Waals surface area contributed by atoms with Crippen molar-refractivity contribution >= 4 is 11.8 Å². The lowest BCUT2D eigenvalue weighted by Crippen LogP contribution is -2.52. The number of hydrogen-bond acceptors (Lipinski definition) is 3. The molecule has 1 aliphatic heterocycles. The average Bonchev–Trinajstić information content (AvgIpc) is 2.26. The second-order valence-electron chi connectivity index (χ2n) is 6.03. The Hall–Kier alpha value is -1.10. The molecular formula is C13H24N2O3. The van der Waals surface area contributed by atoms with Crippen molar-refractivity contribution in [2.45, 2.75) is 52.7 Å². The molecule has 5 heteroatoms. The average molecular weight is 256 g/mol. The minimum absolute atomic E-state index is 0.119. The number of aliphatic hydroxyl groups excluding tert-OH is 1. The topological polar surface area (TPSA) is 69.6 Å². The van der Waals surface area contributed by atoms with Gasteiger partial charge in [-0.1, -0.05) is 20.8 Å². The summed E-state index contributed by atoms with van der Waals surface area (Å²) in [5.74, 6) is -0.257. The normalized spacial score (nSPS) is 22.5. The van der Waals surface area contributed by atoms with E-state index in [1.54, 1.807) is 11.8 Å². The predicted octanol–water partition coefficient (Wildman–Crippen LogP) is 0.520. The van der Waals surface area contributed by atoms with Gasteiger partial charge in [0.15, 0.2) is 0 Å². The molecule has 2 atom stereocenters. The molecule has 1 rings (SSSR count). The van der Waals surface area contributed by atoms with E-state index in [1.165, 1.54) is 0 Å². The van der Waals surface area contributed by atoms with Gasteiger partial charge in [0.1, 0.15) is 6.04 Å². The summed E-state index contributed by atoms with van der Waals surface area (Å²) >= 11 is 0. The molecule has 2 unspecified atom stereocenters. The molecule has 0 aromatic carbocycles. The molecule has 104 valence electrons. The van der Waals surface area contributed by atoms with Crippen molar-refractivity contribution in [2.24, 2.45) is 5.41 Å². The number of amides is 2. The maximum absolute atomic E-state index is 12.1. The maximum Gasteiger partial charge on any atom is 0.244 e. The number of hydrogen-bond donors (Lipinski definition) is 2. The molecule has 0 spiro atoms. The van der Waals surface area contributed by atoms with Crippen LogP contribution in [0.4, 0.5) is 0 Å². The molecule has 2 amide bonds. The van der Waals surface area contributed by atoms with Crippen LogP contribution in [-0.2, 0) is 9.59 Å². The molecule has 1 aliphatic rings. The van der Waals surface area contributed by atoms with Gasteiger partial charge in [0.25, 0.3) is 0 Å². The number of carbonyl (C=O) groups excluding carboxylic acids is 2. The van der Waals surface area contributed by atoms with Crippen LogP contribution in [0, 0.1) is 5.41 Å². The van der Waals surface area contributed by atoms with Crippen LogP contribution in [-0.4, -0.2) is 47.1 Å². The third kappa shape index (κ3) is 3.98. The highest BCUT2D eigenvalue weighted by Crippen LogP contribution is 2.14. The molecule has 0 radical (unpaired) electrons. The molecule has 1 fully saturated rings. The van der Waals surface area contributed by atoms with Gasteiger partial charge in [-0.05, 0) is 19.8 Å². The zero-order chi connectivity index (χ0) is 13.9. The first kappa shape index (κ1) is 15.0. The lowest BCUT2D eigenvalue weighted by atomic mass is 9.95. The zero-order valence-corrected chi connectivity index (χ0v) is 11.7. The molecule has 0 saturated carbocycles. The maximum atomic E-state index is 12.1. The van der Waals surface area contributed by atoms with Crippen molar-refractivity contribution in [3.05, 3.63) is 0 Å². The first-order chi connectivity index (χ1) is 8.21. The number of rotatable bonds is 2. The molecular weight excluding hydrogens is 232 g/mol. The summed E-state index contributed by atoms with van der Waals surface area (Å²) in [5, 5.41) is 12.3. The minimum atomic E-state index is -0.540. The van der Waals surface area contributed by atoms with Gasteiger partial charge in [0, 0.05) is 18.5 Å². The van der Waals surface area contributed by atoms with Crippen LogP contribution >= 0.6 is 0 Å². The number of aliphatic hydroxyl groups is 1. The lowest BCUT2D eigenvalue weighted by Gasteiger charge is -2.32. The summed E-state index contributed by atoms with van der Waals surface area (Å²) in [5.41, 5.74) is -0.504. The summed E-state index contributed by atoms with van der Waals surface area (Å²) < 4.78 is 0. The first-order valence-corrected chi connectivity index (χ1v) is 6.49. The quantitative estimate of drug-likeness (QED) is 0.757. The van der Waals surface area contributed by atoms with Crippen LogP contribution in [0.15, 0.2) is 0 Å². The predicted molar refractivity (Wildman–Crippen MR) is 68.9 cm³/mol. The van der Waals surface area contributed by atoms with Gasteiger partial charge in [-0.3, -0.25) is 9.59 Å². The van der Waals surface area contributed by atoms with E-state index in [9.17, 15) is 14.7 Å². The molecule has 18 heavy (non-hydrogen) atoms. The molecule has 5 nitrogen and oxygen atoms in total. The zero-order valence-electron chi connectivity index (χ0n) is 11.7. The van der Waals surface area contributed by atoms with Crippen molar-refractivity contribution in [3.8, 4) is 0 Å². The van der Waals surface area contributed by atoms with Crippen molar-refractivity contribution < 1.29 is 14.7 Å². The number of carbonyl (C=O) groups is 2. The Kier molecular flexibility index (Phi) is 4.73. The van der Waals surface area contributed by atoms with Crippen LogP contribution in [0.3, 0.4) is 0 Å². The minimum Gasteiger partial charge on any atom is -0.391 e. The van der Waals surface area contributed by atoms with Crippen LogP contribution in [0.1, 0.15) is 40.5 Å². The number of nitrogens with zero attached hydrogens (tertiary/aromatic N) is 1. The number of β-amino-alcohol motifs (C(OH)–C–C–N with tert-alkyl or cyclic N) is 1. The van der Waals surface area contributed by atoms with Crippen LogP contribution in [0.2, 0.25) is 0 Å². The molecule has 0 aliphatic carbocycles. The smallest absolute Gasteiger partial charge is 0.244 e. The Balaban J connectivity index is 2.53. The Morgan fingerprint density at radius 1 is 1.39 bits per heavy atom. The largest absolute Gasteiger partial charge is 0.391 e. The summed E-state index contributed by atoms with van der Waals surface area (Å²) in [6.45, 7) is 8.14. The molecule has 0 aromatic heterocycles. The third-order valence-corrected chi connectivity index (χ3v) is 3.11. The summed E-state index contributed by atoms with van der Waals surface area (Å²) in [6.07, 6.45) is 1.12. The van der Waals surface area contributed by atoms with E-state index in [2.05, 4.69) is 5.32 Å². The fourth-order valence-corrected chi connectivity index (χ4v) is 1.90. The van der Waals surface area contributed by atoms with E-state index in [1.807, 2.05) is 20.8 Å². The van der Waals surface area contributed by atoms with E-state index in [4.69, 9.17) is 0 Å². The second kappa shape index (κ2) is 5.69. The standard InChI is InChI=1S/C13H24N2O3/c1-9(14-12(18)13(2,3)4)11(17)15-7-5-6-10(16)8-15/h9-10,16H,5-8H2,1-4H3,(H,14,18). The van der Waals surface area contributed by atoms with Crippen molar-refractivity contribution in [2.75, 3.05) is 13.1 Å².